The first-order valence-electron chi connectivity index (χ1n) is 4.93. The molecule has 1 atom stereocenters. The van der Waals surface area contributed by atoms with Crippen LogP contribution in [0.25, 0.3) is 0 Å². The van der Waals surface area contributed by atoms with E-state index in [0.717, 1.165) is 12.0 Å². The first kappa shape index (κ1) is 11.7. The zero-order valence-corrected chi connectivity index (χ0v) is 8.93. The van der Waals surface area contributed by atoms with Crippen LogP contribution in [0.2, 0.25) is 0 Å². The molecule has 1 aromatic rings. The van der Waals surface area contributed by atoms with Crippen molar-refractivity contribution >= 4 is 5.97 Å². The molecule has 1 aromatic heterocycles. The molecule has 0 saturated carbocycles. The lowest BCUT2D eigenvalue weighted by molar-refractivity contribution is 0.0507. The van der Waals surface area contributed by atoms with Gasteiger partial charge < -0.3 is 9.84 Å². The Bertz CT molecular complexity index is 338. The van der Waals surface area contributed by atoms with Crippen molar-refractivity contribution < 1.29 is 14.6 Å². The van der Waals surface area contributed by atoms with Gasteiger partial charge in [0.05, 0.1) is 12.7 Å². The number of carbonyl (C=O) groups is 1. The van der Waals surface area contributed by atoms with Gasteiger partial charge in [0.25, 0.3) is 0 Å². The fraction of sp³-hybridized carbons (Fsp3) is 0.455. The van der Waals surface area contributed by atoms with Gasteiger partial charge in [0.1, 0.15) is 5.69 Å². The smallest absolute Gasteiger partial charge is 0.354 e. The van der Waals surface area contributed by atoms with Crippen LogP contribution in [-0.2, 0) is 11.3 Å². The molecule has 4 nitrogen and oxygen atoms in total. The van der Waals surface area contributed by atoms with E-state index in [4.69, 9.17) is 9.84 Å². The molecule has 15 heavy (non-hydrogen) atoms. The zero-order chi connectivity index (χ0) is 11.3. The summed E-state index contributed by atoms with van der Waals surface area (Å²) in [4.78, 5) is 14.4. The third-order valence-electron chi connectivity index (χ3n) is 2.15. The number of hydrogen-bond donors (Lipinski definition) is 1. The molecule has 82 valence electrons. The lowest BCUT2D eigenvalue weighted by Gasteiger charge is -2.10. The Hall–Kier alpha value is -1.42. The second-order valence-electron chi connectivity index (χ2n) is 3.38. The Morgan fingerprint density at radius 2 is 2.40 bits per heavy atom. The van der Waals surface area contributed by atoms with Gasteiger partial charge in [-0.1, -0.05) is 6.92 Å². The van der Waals surface area contributed by atoms with Crippen LogP contribution in [0.1, 0.15) is 36.3 Å². The van der Waals surface area contributed by atoms with Crippen LogP contribution >= 0.6 is 0 Å². The second kappa shape index (κ2) is 5.46. The largest absolute Gasteiger partial charge is 0.477 e. The Morgan fingerprint density at radius 3 is 3.00 bits per heavy atom. The summed E-state index contributed by atoms with van der Waals surface area (Å²) in [5.41, 5.74) is 0.892. The van der Waals surface area contributed by atoms with Gasteiger partial charge in [-0.2, -0.15) is 0 Å². The van der Waals surface area contributed by atoms with Crippen LogP contribution < -0.4 is 0 Å². The summed E-state index contributed by atoms with van der Waals surface area (Å²) in [5.74, 6) is -1.01. The summed E-state index contributed by atoms with van der Waals surface area (Å²) in [7, 11) is 0. The first-order chi connectivity index (χ1) is 7.13. The molecule has 0 saturated heterocycles. The number of carboxylic acid groups (broad SMARTS) is 1. The molecule has 1 N–H and O–H groups in total. The van der Waals surface area contributed by atoms with Crippen LogP contribution in [0.15, 0.2) is 18.3 Å². The van der Waals surface area contributed by atoms with Crippen molar-refractivity contribution in [2.75, 3.05) is 0 Å². The van der Waals surface area contributed by atoms with E-state index in [1.54, 1.807) is 6.07 Å². The summed E-state index contributed by atoms with van der Waals surface area (Å²) in [6, 6.07) is 3.29. The minimum absolute atomic E-state index is 0.0558. The van der Waals surface area contributed by atoms with E-state index >= 15 is 0 Å². The van der Waals surface area contributed by atoms with E-state index < -0.39 is 5.97 Å². The number of ether oxygens (including phenoxy) is 1. The number of rotatable bonds is 5. The van der Waals surface area contributed by atoms with Crippen molar-refractivity contribution in [3.8, 4) is 0 Å². The summed E-state index contributed by atoms with van der Waals surface area (Å²) >= 11 is 0. The summed E-state index contributed by atoms with van der Waals surface area (Å²) < 4.78 is 5.49. The minimum Gasteiger partial charge on any atom is -0.477 e. The monoisotopic (exact) mass is 209 g/mol. The molecule has 0 radical (unpaired) electrons. The van der Waals surface area contributed by atoms with Crippen molar-refractivity contribution in [1.82, 2.24) is 4.98 Å². The predicted octanol–water partition coefficient (Wildman–Crippen LogP) is 2.09. The molecule has 0 fully saturated rings. The average molecular weight is 209 g/mol. The summed E-state index contributed by atoms with van der Waals surface area (Å²) in [6.45, 7) is 4.46. The van der Waals surface area contributed by atoms with Crippen molar-refractivity contribution in [2.24, 2.45) is 0 Å². The molecule has 0 spiro atoms. The van der Waals surface area contributed by atoms with E-state index in [1.165, 1.54) is 12.3 Å². The molecule has 4 heteroatoms. The molecule has 1 unspecified atom stereocenters. The van der Waals surface area contributed by atoms with Gasteiger partial charge in [-0.25, -0.2) is 9.78 Å². The van der Waals surface area contributed by atoms with Crippen molar-refractivity contribution in [1.29, 1.82) is 0 Å². The molecule has 0 aliphatic carbocycles. The highest BCUT2D eigenvalue weighted by Crippen LogP contribution is 2.06. The summed E-state index contributed by atoms with van der Waals surface area (Å²) in [5, 5.41) is 8.73. The summed E-state index contributed by atoms with van der Waals surface area (Å²) in [6.07, 6.45) is 2.61. The van der Waals surface area contributed by atoms with Crippen LogP contribution in [0, 0.1) is 0 Å². The molecular weight excluding hydrogens is 194 g/mol. The van der Waals surface area contributed by atoms with Crippen LogP contribution in [0.4, 0.5) is 0 Å². The molecule has 0 bridgehead atoms. The van der Waals surface area contributed by atoms with Crippen molar-refractivity contribution in [3.05, 3.63) is 29.6 Å². The Labute approximate surface area is 88.9 Å². The highest BCUT2D eigenvalue weighted by atomic mass is 16.5. The number of pyridine rings is 1. The zero-order valence-electron chi connectivity index (χ0n) is 8.93. The second-order valence-corrected chi connectivity index (χ2v) is 3.38. The molecular formula is C11H15NO3. The number of aromatic nitrogens is 1. The van der Waals surface area contributed by atoms with Crippen LogP contribution in [0.3, 0.4) is 0 Å². The van der Waals surface area contributed by atoms with E-state index in [9.17, 15) is 4.79 Å². The average Bonchev–Trinajstić information content (AvgIpc) is 2.26. The topological polar surface area (TPSA) is 59.4 Å². The number of aromatic carboxylic acids is 1. The van der Waals surface area contributed by atoms with Gasteiger partial charge in [-0.15, -0.1) is 0 Å². The molecule has 0 aliphatic rings. The van der Waals surface area contributed by atoms with E-state index in [0.29, 0.717) is 6.61 Å². The van der Waals surface area contributed by atoms with E-state index in [2.05, 4.69) is 4.98 Å². The van der Waals surface area contributed by atoms with Crippen molar-refractivity contribution in [2.45, 2.75) is 33.0 Å². The maximum atomic E-state index is 10.6. The van der Waals surface area contributed by atoms with Gasteiger partial charge in [0.15, 0.2) is 0 Å². The Balaban J connectivity index is 2.62. The normalized spacial score (nSPS) is 12.4. The maximum Gasteiger partial charge on any atom is 0.354 e. The fourth-order valence-corrected chi connectivity index (χ4v) is 1.04. The molecule has 0 aliphatic heterocycles. The predicted molar refractivity (Wildman–Crippen MR) is 55.7 cm³/mol. The molecule has 1 rings (SSSR count). The number of nitrogens with zero attached hydrogens (tertiary/aromatic N) is 1. The standard InChI is InChI=1S/C11H15NO3/c1-3-8(2)15-7-9-4-5-12-10(6-9)11(13)14/h4-6,8H,3,7H2,1-2H3,(H,13,14). The lowest BCUT2D eigenvalue weighted by atomic mass is 10.2. The molecule has 1 heterocycles. The van der Waals surface area contributed by atoms with Crippen LogP contribution in [-0.4, -0.2) is 22.2 Å². The van der Waals surface area contributed by atoms with Crippen LogP contribution in [0.5, 0.6) is 0 Å². The van der Waals surface area contributed by atoms with Gasteiger partial charge in [-0.05, 0) is 31.0 Å². The number of carboxylic acids is 1. The highest BCUT2D eigenvalue weighted by Gasteiger charge is 2.05. The SMILES string of the molecule is CCC(C)OCc1ccnc(C(=O)O)c1. The third kappa shape index (κ3) is 3.67. The van der Waals surface area contributed by atoms with Gasteiger partial charge in [0, 0.05) is 6.20 Å². The first-order valence-corrected chi connectivity index (χ1v) is 4.93. The minimum atomic E-state index is -1.01. The Kier molecular flexibility index (Phi) is 4.24. The van der Waals surface area contributed by atoms with Gasteiger partial charge in [-0.3, -0.25) is 0 Å². The van der Waals surface area contributed by atoms with Crippen molar-refractivity contribution in [3.63, 3.8) is 0 Å². The lowest BCUT2D eigenvalue weighted by Crippen LogP contribution is -2.07. The third-order valence-corrected chi connectivity index (χ3v) is 2.15. The molecule has 0 aromatic carbocycles. The van der Waals surface area contributed by atoms with Gasteiger partial charge in [0.2, 0.25) is 0 Å². The quantitative estimate of drug-likeness (QED) is 0.806. The van der Waals surface area contributed by atoms with Gasteiger partial charge >= 0.3 is 5.97 Å². The van der Waals surface area contributed by atoms with E-state index in [-0.39, 0.29) is 11.8 Å². The fourth-order valence-electron chi connectivity index (χ4n) is 1.04. The maximum absolute atomic E-state index is 10.6. The Morgan fingerprint density at radius 1 is 1.67 bits per heavy atom. The number of hydrogen-bond acceptors (Lipinski definition) is 3. The molecule has 0 amide bonds. The highest BCUT2D eigenvalue weighted by molar-refractivity contribution is 5.85. The van der Waals surface area contributed by atoms with E-state index in [1.807, 2.05) is 13.8 Å².